The summed E-state index contributed by atoms with van der Waals surface area (Å²) in [6.07, 6.45) is 2.44. The first-order valence-corrected chi connectivity index (χ1v) is 7.67. The van der Waals surface area contributed by atoms with E-state index in [9.17, 15) is 0 Å². The predicted molar refractivity (Wildman–Crippen MR) is 82.1 cm³/mol. The highest BCUT2D eigenvalue weighted by Crippen LogP contribution is 2.30. The fourth-order valence-electron chi connectivity index (χ4n) is 3.62. The molecule has 1 aromatic carbocycles. The van der Waals surface area contributed by atoms with E-state index >= 15 is 0 Å². The minimum atomic E-state index is 0.390. The van der Waals surface area contributed by atoms with E-state index in [1.54, 1.807) is 0 Å². The Labute approximate surface area is 118 Å². The molecule has 2 heteroatoms. The van der Waals surface area contributed by atoms with E-state index in [4.69, 9.17) is 5.73 Å². The number of hydrogen-bond donors (Lipinski definition) is 1. The van der Waals surface area contributed by atoms with Crippen LogP contribution in [0.4, 0.5) is 0 Å². The van der Waals surface area contributed by atoms with Crippen molar-refractivity contribution in [2.75, 3.05) is 19.6 Å². The lowest BCUT2D eigenvalue weighted by Gasteiger charge is -2.40. The maximum absolute atomic E-state index is 6.11. The number of piperidine rings is 1. The second-order valence-electron chi connectivity index (χ2n) is 6.20. The number of rotatable bonds is 4. The Balaban J connectivity index is 2.23. The molecule has 1 saturated heterocycles. The first kappa shape index (κ1) is 14.5. The van der Waals surface area contributed by atoms with Crippen molar-refractivity contribution in [3.8, 4) is 0 Å². The number of aryl methyl sites for hydroxylation is 1. The SMILES string of the molecule is CCc1ccccc1C(CN)N1CC(C)CC(C)C1. The Kier molecular flexibility index (Phi) is 5.00. The molecule has 0 radical (unpaired) electrons. The number of benzene rings is 1. The molecule has 1 aromatic rings. The van der Waals surface area contributed by atoms with Crippen LogP contribution < -0.4 is 5.73 Å². The molecule has 1 heterocycles. The highest BCUT2D eigenvalue weighted by molar-refractivity contribution is 5.30. The monoisotopic (exact) mass is 260 g/mol. The van der Waals surface area contributed by atoms with Gasteiger partial charge in [0.25, 0.3) is 0 Å². The fraction of sp³-hybridized carbons (Fsp3) is 0.647. The van der Waals surface area contributed by atoms with Crippen LogP contribution in [0.25, 0.3) is 0 Å². The molecule has 2 nitrogen and oxygen atoms in total. The average Bonchev–Trinajstić information content (AvgIpc) is 2.39. The van der Waals surface area contributed by atoms with Gasteiger partial charge in [-0.1, -0.05) is 45.0 Å². The van der Waals surface area contributed by atoms with Crippen molar-refractivity contribution < 1.29 is 0 Å². The van der Waals surface area contributed by atoms with Gasteiger partial charge in [0.15, 0.2) is 0 Å². The van der Waals surface area contributed by atoms with Gasteiger partial charge >= 0.3 is 0 Å². The van der Waals surface area contributed by atoms with Gasteiger partial charge in [-0.3, -0.25) is 4.90 Å². The smallest absolute Gasteiger partial charge is 0.0473 e. The second kappa shape index (κ2) is 6.53. The molecule has 1 aliphatic heterocycles. The Bertz CT molecular complexity index is 392. The standard InChI is InChI=1S/C17H28N2/c1-4-15-7-5-6-8-16(15)17(10-18)19-11-13(2)9-14(3)12-19/h5-8,13-14,17H,4,9-12,18H2,1-3H3. The molecule has 0 aromatic heterocycles. The molecule has 2 N–H and O–H groups in total. The molecule has 1 aliphatic rings. The van der Waals surface area contributed by atoms with Crippen molar-refractivity contribution in [1.29, 1.82) is 0 Å². The van der Waals surface area contributed by atoms with E-state index in [1.807, 2.05) is 0 Å². The lowest BCUT2D eigenvalue weighted by atomic mass is 9.88. The topological polar surface area (TPSA) is 29.3 Å². The third kappa shape index (κ3) is 3.37. The molecule has 0 bridgehead atoms. The summed E-state index contributed by atoms with van der Waals surface area (Å²) >= 11 is 0. The van der Waals surface area contributed by atoms with Gasteiger partial charge < -0.3 is 5.73 Å². The quantitative estimate of drug-likeness (QED) is 0.900. The summed E-state index contributed by atoms with van der Waals surface area (Å²) in [5, 5.41) is 0. The number of nitrogens with two attached hydrogens (primary N) is 1. The van der Waals surface area contributed by atoms with Gasteiger partial charge in [0.05, 0.1) is 0 Å². The lowest BCUT2D eigenvalue weighted by molar-refractivity contribution is 0.0980. The van der Waals surface area contributed by atoms with Gasteiger partial charge in [0, 0.05) is 25.7 Å². The van der Waals surface area contributed by atoms with Crippen LogP contribution in [0.15, 0.2) is 24.3 Å². The normalized spacial score (nSPS) is 26.3. The zero-order valence-electron chi connectivity index (χ0n) is 12.6. The first-order chi connectivity index (χ1) is 9.15. The summed E-state index contributed by atoms with van der Waals surface area (Å²) in [6.45, 7) is 10.0. The molecule has 0 saturated carbocycles. The number of hydrogen-bond acceptors (Lipinski definition) is 2. The van der Waals surface area contributed by atoms with Crippen molar-refractivity contribution in [3.05, 3.63) is 35.4 Å². The summed E-state index contributed by atoms with van der Waals surface area (Å²) in [5.41, 5.74) is 9.00. The molecule has 3 unspecified atom stereocenters. The first-order valence-electron chi connectivity index (χ1n) is 7.67. The maximum Gasteiger partial charge on any atom is 0.0473 e. The average molecular weight is 260 g/mol. The van der Waals surface area contributed by atoms with Gasteiger partial charge in [-0.15, -0.1) is 0 Å². The van der Waals surface area contributed by atoms with Crippen LogP contribution in [0.5, 0.6) is 0 Å². The van der Waals surface area contributed by atoms with Crippen molar-refractivity contribution in [3.63, 3.8) is 0 Å². The van der Waals surface area contributed by atoms with E-state index in [2.05, 4.69) is 49.9 Å². The van der Waals surface area contributed by atoms with E-state index in [0.29, 0.717) is 6.04 Å². The van der Waals surface area contributed by atoms with Crippen LogP contribution in [0.3, 0.4) is 0 Å². The van der Waals surface area contributed by atoms with Crippen LogP contribution >= 0.6 is 0 Å². The maximum atomic E-state index is 6.11. The molecule has 2 rings (SSSR count). The molecule has 3 atom stereocenters. The predicted octanol–water partition coefficient (Wildman–Crippen LogP) is 3.23. The number of likely N-dealkylation sites (tertiary alicyclic amines) is 1. The lowest BCUT2D eigenvalue weighted by Crippen LogP contribution is -2.43. The molecule has 0 amide bonds. The van der Waals surface area contributed by atoms with Crippen molar-refractivity contribution >= 4 is 0 Å². The van der Waals surface area contributed by atoms with Gasteiger partial charge in [0.2, 0.25) is 0 Å². The molecule has 19 heavy (non-hydrogen) atoms. The van der Waals surface area contributed by atoms with Crippen molar-refractivity contribution in [2.45, 2.75) is 39.7 Å². The zero-order valence-corrected chi connectivity index (χ0v) is 12.6. The molecule has 0 spiro atoms. The third-order valence-electron chi connectivity index (χ3n) is 4.36. The van der Waals surface area contributed by atoms with Crippen LogP contribution in [0, 0.1) is 11.8 Å². The Hall–Kier alpha value is -0.860. The second-order valence-corrected chi connectivity index (χ2v) is 6.20. The summed E-state index contributed by atoms with van der Waals surface area (Å²) in [6, 6.07) is 9.18. The van der Waals surface area contributed by atoms with Gasteiger partial charge in [-0.2, -0.15) is 0 Å². The summed E-state index contributed by atoms with van der Waals surface area (Å²) in [5.74, 6) is 1.57. The minimum absolute atomic E-state index is 0.390. The molecular formula is C17H28N2. The Morgan fingerprint density at radius 1 is 1.21 bits per heavy atom. The molecule has 0 aliphatic carbocycles. The summed E-state index contributed by atoms with van der Waals surface area (Å²) in [4.78, 5) is 2.60. The summed E-state index contributed by atoms with van der Waals surface area (Å²) < 4.78 is 0. The van der Waals surface area contributed by atoms with Gasteiger partial charge in [-0.25, -0.2) is 0 Å². The Morgan fingerprint density at radius 3 is 2.42 bits per heavy atom. The third-order valence-corrected chi connectivity index (χ3v) is 4.36. The van der Waals surface area contributed by atoms with Gasteiger partial charge in [0.1, 0.15) is 0 Å². The minimum Gasteiger partial charge on any atom is -0.329 e. The van der Waals surface area contributed by atoms with Gasteiger partial charge in [-0.05, 0) is 35.8 Å². The summed E-state index contributed by atoms with van der Waals surface area (Å²) in [7, 11) is 0. The van der Waals surface area contributed by atoms with Crippen LogP contribution in [0.2, 0.25) is 0 Å². The molecule has 1 fully saturated rings. The largest absolute Gasteiger partial charge is 0.329 e. The Morgan fingerprint density at radius 2 is 1.84 bits per heavy atom. The fourth-order valence-corrected chi connectivity index (χ4v) is 3.62. The van der Waals surface area contributed by atoms with E-state index in [-0.39, 0.29) is 0 Å². The number of nitrogens with zero attached hydrogens (tertiary/aromatic N) is 1. The van der Waals surface area contributed by atoms with Crippen LogP contribution in [0.1, 0.15) is 44.4 Å². The van der Waals surface area contributed by atoms with E-state index < -0.39 is 0 Å². The van der Waals surface area contributed by atoms with Crippen molar-refractivity contribution in [2.24, 2.45) is 17.6 Å². The van der Waals surface area contributed by atoms with E-state index in [1.165, 1.54) is 30.6 Å². The van der Waals surface area contributed by atoms with Crippen LogP contribution in [-0.4, -0.2) is 24.5 Å². The van der Waals surface area contributed by atoms with Crippen molar-refractivity contribution in [1.82, 2.24) is 4.90 Å². The molecular weight excluding hydrogens is 232 g/mol. The zero-order chi connectivity index (χ0) is 13.8. The highest BCUT2D eigenvalue weighted by Gasteiger charge is 2.28. The van der Waals surface area contributed by atoms with Crippen LogP contribution in [-0.2, 0) is 6.42 Å². The van der Waals surface area contributed by atoms with E-state index in [0.717, 1.165) is 24.8 Å². The molecule has 106 valence electrons. The highest BCUT2D eigenvalue weighted by atomic mass is 15.2.